The number of methoxy groups -OCH3 is 3. The van der Waals surface area contributed by atoms with Gasteiger partial charge in [-0.05, 0) is 30.2 Å². The average Bonchev–Trinajstić information content (AvgIpc) is 3.12. The van der Waals surface area contributed by atoms with Crippen molar-refractivity contribution in [1.29, 1.82) is 0 Å². The maximum absolute atomic E-state index is 13.7. The van der Waals surface area contributed by atoms with Gasteiger partial charge in [-0.3, -0.25) is 9.59 Å². The van der Waals surface area contributed by atoms with Crippen LogP contribution < -0.4 is 24.4 Å². The molecule has 0 aromatic heterocycles. The summed E-state index contributed by atoms with van der Waals surface area (Å²) in [5.41, 5.74) is 3.05. The van der Waals surface area contributed by atoms with Crippen LogP contribution in [0, 0.1) is 0 Å². The summed E-state index contributed by atoms with van der Waals surface area (Å²) in [6.45, 7) is 2.05. The Bertz CT molecular complexity index is 1240. The van der Waals surface area contributed by atoms with E-state index < -0.39 is 11.8 Å². The molecule has 34 heavy (non-hydrogen) atoms. The number of nitrogens with one attached hydrogen (secondary N) is 1. The Labute approximate surface area is 198 Å². The third kappa shape index (κ3) is 4.20. The number of carbonyl (C=O) groups is 2. The zero-order chi connectivity index (χ0) is 24.2. The van der Waals surface area contributed by atoms with Crippen LogP contribution in [0.3, 0.4) is 0 Å². The van der Waals surface area contributed by atoms with Gasteiger partial charge in [0.25, 0.3) is 11.8 Å². The minimum absolute atomic E-state index is 0.143. The molecule has 0 spiro atoms. The van der Waals surface area contributed by atoms with E-state index in [0.717, 1.165) is 12.0 Å². The highest BCUT2D eigenvalue weighted by Crippen LogP contribution is 2.38. The molecule has 0 atom stereocenters. The van der Waals surface area contributed by atoms with Gasteiger partial charge in [0.2, 0.25) is 0 Å². The summed E-state index contributed by atoms with van der Waals surface area (Å²) in [7, 11) is 4.62. The van der Waals surface area contributed by atoms with E-state index in [1.54, 1.807) is 62.8 Å². The SMILES string of the molecule is CCc1ccc(N2C(=O)C(Nc3cc(OC)cc(OC)c3)=C(c3ccccc3OC)C2=O)cc1. The lowest BCUT2D eigenvalue weighted by molar-refractivity contribution is -0.120. The number of rotatable bonds is 8. The average molecular weight is 459 g/mol. The molecule has 1 aliphatic heterocycles. The van der Waals surface area contributed by atoms with Crippen LogP contribution in [-0.4, -0.2) is 33.1 Å². The number of para-hydroxylation sites is 1. The Morgan fingerprint density at radius 2 is 1.44 bits per heavy atom. The normalized spacial score (nSPS) is 13.4. The summed E-state index contributed by atoms with van der Waals surface area (Å²) >= 11 is 0. The fourth-order valence-corrected chi connectivity index (χ4v) is 3.89. The molecule has 3 aromatic rings. The van der Waals surface area contributed by atoms with Crippen molar-refractivity contribution in [2.24, 2.45) is 0 Å². The van der Waals surface area contributed by atoms with Crippen molar-refractivity contribution in [2.75, 3.05) is 31.5 Å². The number of imide groups is 1. The molecular formula is C27H26N2O5. The van der Waals surface area contributed by atoms with E-state index in [1.807, 2.05) is 25.1 Å². The van der Waals surface area contributed by atoms with Crippen molar-refractivity contribution in [3.05, 3.63) is 83.6 Å². The fraction of sp³-hybridized carbons (Fsp3) is 0.185. The van der Waals surface area contributed by atoms with E-state index in [1.165, 1.54) is 12.0 Å². The van der Waals surface area contributed by atoms with Crippen LogP contribution in [0.1, 0.15) is 18.1 Å². The summed E-state index contributed by atoms with van der Waals surface area (Å²) in [6.07, 6.45) is 0.858. The van der Waals surface area contributed by atoms with Gasteiger partial charge in [-0.2, -0.15) is 0 Å². The van der Waals surface area contributed by atoms with E-state index in [-0.39, 0.29) is 11.3 Å². The van der Waals surface area contributed by atoms with Crippen molar-refractivity contribution < 1.29 is 23.8 Å². The first-order valence-electron chi connectivity index (χ1n) is 10.9. The number of ether oxygens (including phenoxy) is 3. The molecule has 0 bridgehead atoms. The van der Waals surface area contributed by atoms with Crippen LogP contribution in [0.5, 0.6) is 17.2 Å². The summed E-state index contributed by atoms with van der Waals surface area (Å²) in [4.78, 5) is 28.5. The first-order chi connectivity index (χ1) is 16.5. The van der Waals surface area contributed by atoms with Crippen molar-refractivity contribution in [1.82, 2.24) is 0 Å². The lowest BCUT2D eigenvalue weighted by atomic mass is 10.0. The predicted octanol–water partition coefficient (Wildman–Crippen LogP) is 4.67. The van der Waals surface area contributed by atoms with Gasteiger partial charge in [0.1, 0.15) is 22.9 Å². The highest BCUT2D eigenvalue weighted by molar-refractivity contribution is 6.46. The molecule has 1 heterocycles. The Hall–Kier alpha value is -4.26. The quantitative estimate of drug-likeness (QED) is 0.495. The van der Waals surface area contributed by atoms with Crippen molar-refractivity contribution in [3.8, 4) is 17.2 Å². The van der Waals surface area contributed by atoms with E-state index in [0.29, 0.717) is 34.2 Å². The van der Waals surface area contributed by atoms with Gasteiger partial charge in [0.05, 0.1) is 32.6 Å². The number of aryl methyl sites for hydroxylation is 1. The van der Waals surface area contributed by atoms with Crippen molar-refractivity contribution in [3.63, 3.8) is 0 Å². The number of nitrogens with zero attached hydrogens (tertiary/aromatic N) is 1. The molecule has 7 nitrogen and oxygen atoms in total. The van der Waals surface area contributed by atoms with Crippen molar-refractivity contribution >= 4 is 28.8 Å². The molecule has 0 saturated heterocycles. The molecule has 0 fully saturated rings. The molecule has 1 aliphatic rings. The minimum Gasteiger partial charge on any atom is -0.497 e. The number of anilines is 2. The number of hydrogen-bond acceptors (Lipinski definition) is 6. The number of benzene rings is 3. The Kier molecular flexibility index (Phi) is 6.54. The van der Waals surface area contributed by atoms with Crippen LogP contribution in [0.25, 0.3) is 5.57 Å². The summed E-state index contributed by atoms with van der Waals surface area (Å²) in [5, 5.41) is 3.14. The number of carbonyl (C=O) groups excluding carboxylic acids is 2. The third-order valence-corrected chi connectivity index (χ3v) is 5.68. The van der Waals surface area contributed by atoms with Gasteiger partial charge in [-0.25, -0.2) is 4.90 Å². The molecule has 174 valence electrons. The monoisotopic (exact) mass is 458 g/mol. The second-order valence-corrected chi connectivity index (χ2v) is 7.64. The lowest BCUT2D eigenvalue weighted by Crippen LogP contribution is -2.32. The second-order valence-electron chi connectivity index (χ2n) is 7.64. The molecule has 0 aliphatic carbocycles. The molecule has 2 amide bonds. The third-order valence-electron chi connectivity index (χ3n) is 5.68. The standard InChI is InChI=1S/C27H26N2O5/c1-5-17-10-12-19(13-11-17)29-26(30)24(22-8-6-7-9-23(22)34-4)25(27(29)31)28-18-14-20(32-2)16-21(15-18)33-3/h6-16,28H,5H2,1-4H3. The van der Waals surface area contributed by atoms with Crippen LogP contribution in [0.4, 0.5) is 11.4 Å². The van der Waals surface area contributed by atoms with Crippen LogP contribution >= 0.6 is 0 Å². The summed E-state index contributed by atoms with van der Waals surface area (Å²) in [6, 6.07) is 19.7. The zero-order valence-electron chi connectivity index (χ0n) is 19.5. The predicted molar refractivity (Wildman–Crippen MR) is 131 cm³/mol. The van der Waals surface area contributed by atoms with Gasteiger partial charge in [0, 0.05) is 29.4 Å². The molecule has 0 saturated carbocycles. The molecule has 7 heteroatoms. The lowest BCUT2D eigenvalue weighted by Gasteiger charge is -2.16. The maximum atomic E-state index is 13.7. The Balaban J connectivity index is 1.85. The van der Waals surface area contributed by atoms with E-state index in [9.17, 15) is 9.59 Å². The second kappa shape index (κ2) is 9.70. The van der Waals surface area contributed by atoms with E-state index in [4.69, 9.17) is 14.2 Å². The Morgan fingerprint density at radius 1 is 0.794 bits per heavy atom. The first kappa shape index (κ1) is 22.9. The number of hydrogen-bond donors (Lipinski definition) is 1. The smallest absolute Gasteiger partial charge is 0.282 e. The fourth-order valence-electron chi connectivity index (χ4n) is 3.89. The van der Waals surface area contributed by atoms with Gasteiger partial charge in [-0.15, -0.1) is 0 Å². The van der Waals surface area contributed by atoms with Crippen LogP contribution in [-0.2, 0) is 16.0 Å². The molecule has 0 radical (unpaired) electrons. The highest BCUT2D eigenvalue weighted by atomic mass is 16.5. The van der Waals surface area contributed by atoms with Crippen molar-refractivity contribution in [2.45, 2.75) is 13.3 Å². The zero-order valence-corrected chi connectivity index (χ0v) is 19.5. The summed E-state index contributed by atoms with van der Waals surface area (Å²) in [5.74, 6) is 0.688. The van der Waals surface area contributed by atoms with Gasteiger partial charge in [0.15, 0.2) is 0 Å². The first-order valence-corrected chi connectivity index (χ1v) is 10.9. The van der Waals surface area contributed by atoms with E-state index >= 15 is 0 Å². The molecule has 4 rings (SSSR count). The largest absolute Gasteiger partial charge is 0.497 e. The van der Waals surface area contributed by atoms with Gasteiger partial charge >= 0.3 is 0 Å². The van der Waals surface area contributed by atoms with E-state index in [2.05, 4.69) is 5.32 Å². The molecule has 0 unspecified atom stereocenters. The number of amides is 2. The minimum atomic E-state index is -0.461. The van der Waals surface area contributed by atoms with Gasteiger partial charge < -0.3 is 19.5 Å². The Morgan fingerprint density at radius 3 is 2.03 bits per heavy atom. The molecular weight excluding hydrogens is 432 g/mol. The maximum Gasteiger partial charge on any atom is 0.282 e. The van der Waals surface area contributed by atoms with Gasteiger partial charge in [-0.1, -0.05) is 37.3 Å². The molecule has 1 N–H and O–H groups in total. The van der Waals surface area contributed by atoms with Crippen LogP contribution in [0.15, 0.2) is 72.4 Å². The summed E-state index contributed by atoms with van der Waals surface area (Å²) < 4.78 is 16.2. The molecule has 3 aromatic carbocycles. The van der Waals surface area contributed by atoms with Crippen LogP contribution in [0.2, 0.25) is 0 Å². The highest BCUT2D eigenvalue weighted by Gasteiger charge is 2.41. The topological polar surface area (TPSA) is 77.1 Å².